The highest BCUT2D eigenvalue weighted by molar-refractivity contribution is 5.92. The molecule has 1 aliphatic rings. The van der Waals surface area contributed by atoms with E-state index in [1.54, 1.807) is 25.3 Å². The molecule has 1 unspecified atom stereocenters. The van der Waals surface area contributed by atoms with Crippen LogP contribution >= 0.6 is 0 Å². The van der Waals surface area contributed by atoms with Crippen LogP contribution in [0.15, 0.2) is 54.6 Å². The number of hydrogen-bond acceptors (Lipinski definition) is 6. The first-order chi connectivity index (χ1) is 16.0. The van der Waals surface area contributed by atoms with Gasteiger partial charge >= 0.3 is 0 Å². The molecular formula is C26H29N3O4. The van der Waals surface area contributed by atoms with Crippen molar-refractivity contribution in [1.29, 1.82) is 0 Å². The minimum Gasteiger partial charge on any atom is -0.507 e. The molecule has 1 saturated heterocycles. The van der Waals surface area contributed by atoms with E-state index in [1.807, 2.05) is 48.2 Å². The molecule has 172 valence electrons. The lowest BCUT2D eigenvalue weighted by atomic mass is 10.0. The fourth-order valence-electron chi connectivity index (χ4n) is 4.00. The molecule has 2 aromatic carbocycles. The number of pyridine rings is 1. The van der Waals surface area contributed by atoms with Gasteiger partial charge in [0.2, 0.25) is 5.91 Å². The summed E-state index contributed by atoms with van der Waals surface area (Å²) in [7, 11) is 1.63. The molecule has 4 rings (SSSR count). The zero-order chi connectivity index (χ0) is 23.4. The average molecular weight is 448 g/mol. The van der Waals surface area contributed by atoms with E-state index in [4.69, 9.17) is 9.72 Å². The number of aliphatic hydroxyl groups is 1. The molecule has 7 nitrogen and oxygen atoms in total. The second-order valence-corrected chi connectivity index (χ2v) is 8.25. The predicted molar refractivity (Wildman–Crippen MR) is 130 cm³/mol. The van der Waals surface area contributed by atoms with E-state index in [-0.39, 0.29) is 17.8 Å². The molecule has 2 heterocycles. The summed E-state index contributed by atoms with van der Waals surface area (Å²) in [4.78, 5) is 18.9. The molecule has 1 fully saturated rings. The Morgan fingerprint density at radius 1 is 1.18 bits per heavy atom. The number of rotatable bonds is 7. The lowest BCUT2D eigenvalue weighted by Gasteiger charge is -2.20. The number of hydrogen-bond donors (Lipinski definition) is 3. The normalized spacial score (nSPS) is 15.5. The molecule has 1 amide bonds. The molecule has 0 radical (unpaired) electrons. The maximum Gasteiger partial charge on any atom is 0.224 e. The molecule has 0 aliphatic carbocycles. The number of carbonyl (C=O) groups is 1. The van der Waals surface area contributed by atoms with Crippen molar-refractivity contribution < 1.29 is 19.7 Å². The van der Waals surface area contributed by atoms with Crippen molar-refractivity contribution in [3.05, 3.63) is 54.6 Å². The van der Waals surface area contributed by atoms with Crippen molar-refractivity contribution in [2.24, 2.45) is 0 Å². The van der Waals surface area contributed by atoms with Gasteiger partial charge in [-0.15, -0.1) is 0 Å². The Hall–Kier alpha value is -3.58. The van der Waals surface area contributed by atoms with E-state index in [9.17, 15) is 15.0 Å². The van der Waals surface area contributed by atoms with E-state index in [0.29, 0.717) is 42.9 Å². The maximum atomic E-state index is 12.1. The first-order valence-corrected chi connectivity index (χ1v) is 11.2. The largest absolute Gasteiger partial charge is 0.507 e. The molecule has 0 spiro atoms. The summed E-state index contributed by atoms with van der Waals surface area (Å²) in [5.41, 5.74) is 3.57. The number of aromatic hydroxyl groups is 1. The van der Waals surface area contributed by atoms with Crippen molar-refractivity contribution in [3.63, 3.8) is 0 Å². The Morgan fingerprint density at radius 3 is 2.76 bits per heavy atom. The number of aromatic nitrogens is 1. The van der Waals surface area contributed by atoms with Gasteiger partial charge in [-0.3, -0.25) is 4.79 Å². The number of phenols is 1. The first-order valence-electron chi connectivity index (χ1n) is 11.2. The summed E-state index contributed by atoms with van der Waals surface area (Å²) in [5, 5.41) is 23.6. The molecule has 0 bridgehead atoms. The molecule has 0 saturated carbocycles. The van der Waals surface area contributed by atoms with Crippen LogP contribution in [0, 0.1) is 0 Å². The van der Waals surface area contributed by atoms with Crippen LogP contribution in [0.3, 0.4) is 0 Å². The van der Waals surface area contributed by atoms with Gasteiger partial charge in [-0.05, 0) is 66.4 Å². The van der Waals surface area contributed by atoms with Crippen molar-refractivity contribution >= 4 is 17.4 Å². The zero-order valence-electron chi connectivity index (χ0n) is 18.9. The van der Waals surface area contributed by atoms with Crippen LogP contribution in [0.25, 0.3) is 22.4 Å². The Morgan fingerprint density at radius 2 is 2.03 bits per heavy atom. The molecule has 7 heteroatoms. The quantitative estimate of drug-likeness (QED) is 0.464. The number of nitrogens with zero attached hydrogens (tertiary/aromatic N) is 2. The fraction of sp³-hybridized carbons (Fsp3) is 0.308. The summed E-state index contributed by atoms with van der Waals surface area (Å²) in [6.45, 7) is 3.16. The van der Waals surface area contributed by atoms with Crippen molar-refractivity contribution in [1.82, 2.24) is 4.98 Å². The maximum absolute atomic E-state index is 12.1. The number of aliphatic hydroxyl groups excluding tert-OH is 1. The zero-order valence-corrected chi connectivity index (χ0v) is 18.9. The number of benzene rings is 2. The van der Waals surface area contributed by atoms with Crippen molar-refractivity contribution in [3.8, 4) is 33.9 Å². The molecule has 3 N–H and O–H groups in total. The standard InChI is InChI=1S/C26H29N3O4/c1-3-5-26(32)27-19-8-9-24(31)22(15-19)23-13-18(17-6-4-7-21(12-17)33-2)14-25(28-23)29-11-10-20(30)16-29/h4,6-9,12-15,20,30-31H,3,5,10-11,16H2,1-2H3,(H,27,32). The van der Waals surface area contributed by atoms with E-state index < -0.39 is 0 Å². The fourth-order valence-corrected chi connectivity index (χ4v) is 4.00. The number of anilines is 2. The van der Waals surface area contributed by atoms with Gasteiger partial charge in [-0.25, -0.2) is 4.98 Å². The van der Waals surface area contributed by atoms with Crippen LogP contribution in [0.1, 0.15) is 26.2 Å². The highest BCUT2D eigenvalue weighted by Crippen LogP contribution is 2.36. The van der Waals surface area contributed by atoms with Gasteiger partial charge in [0.1, 0.15) is 17.3 Å². The van der Waals surface area contributed by atoms with E-state index in [2.05, 4.69) is 5.32 Å². The Bertz CT molecular complexity index is 1150. The second-order valence-electron chi connectivity index (χ2n) is 8.25. The van der Waals surface area contributed by atoms with Gasteiger partial charge < -0.3 is 25.2 Å². The van der Waals surface area contributed by atoms with Gasteiger partial charge in [-0.2, -0.15) is 0 Å². The third-order valence-electron chi connectivity index (χ3n) is 5.74. The van der Waals surface area contributed by atoms with Crippen LogP contribution in [0.2, 0.25) is 0 Å². The Balaban J connectivity index is 1.79. The number of amides is 1. The summed E-state index contributed by atoms with van der Waals surface area (Å²) in [6, 6.07) is 16.6. The van der Waals surface area contributed by atoms with Crippen LogP contribution in [-0.4, -0.2) is 47.4 Å². The van der Waals surface area contributed by atoms with Crippen LogP contribution in [-0.2, 0) is 4.79 Å². The minimum absolute atomic E-state index is 0.0704. The number of phenolic OH excluding ortho intramolecular Hbond substituents is 1. The average Bonchev–Trinajstić information content (AvgIpc) is 3.26. The number of carbonyl (C=O) groups excluding carboxylic acids is 1. The second kappa shape index (κ2) is 9.92. The topological polar surface area (TPSA) is 94.9 Å². The van der Waals surface area contributed by atoms with E-state index >= 15 is 0 Å². The van der Waals surface area contributed by atoms with Crippen molar-refractivity contribution in [2.45, 2.75) is 32.3 Å². The number of β-amino-alcohol motifs (C(OH)–C–C–N with tert-alkyl or cyclic N) is 1. The number of nitrogens with one attached hydrogen (secondary N) is 1. The Labute approximate surface area is 193 Å². The van der Waals surface area contributed by atoms with Crippen LogP contribution < -0.4 is 15.0 Å². The summed E-state index contributed by atoms with van der Waals surface area (Å²) < 4.78 is 5.39. The van der Waals surface area contributed by atoms with Gasteiger partial charge in [0.25, 0.3) is 0 Å². The van der Waals surface area contributed by atoms with Gasteiger partial charge in [0.15, 0.2) is 0 Å². The van der Waals surface area contributed by atoms with Crippen LogP contribution in [0.5, 0.6) is 11.5 Å². The summed E-state index contributed by atoms with van der Waals surface area (Å²) in [5.74, 6) is 1.47. The lowest BCUT2D eigenvalue weighted by molar-refractivity contribution is -0.116. The molecule has 1 atom stereocenters. The Kier molecular flexibility index (Phi) is 6.79. The highest BCUT2D eigenvalue weighted by atomic mass is 16.5. The van der Waals surface area contributed by atoms with Gasteiger partial charge in [0, 0.05) is 30.8 Å². The molecule has 1 aromatic heterocycles. The van der Waals surface area contributed by atoms with Crippen molar-refractivity contribution in [2.75, 3.05) is 30.4 Å². The smallest absolute Gasteiger partial charge is 0.224 e. The highest BCUT2D eigenvalue weighted by Gasteiger charge is 2.23. The lowest BCUT2D eigenvalue weighted by Crippen LogP contribution is -2.22. The van der Waals surface area contributed by atoms with E-state index in [0.717, 1.165) is 29.1 Å². The third-order valence-corrected chi connectivity index (χ3v) is 5.74. The molecule has 1 aliphatic heterocycles. The monoisotopic (exact) mass is 447 g/mol. The first kappa shape index (κ1) is 22.6. The van der Waals surface area contributed by atoms with Crippen LogP contribution in [0.4, 0.5) is 11.5 Å². The number of ether oxygens (including phenoxy) is 1. The summed E-state index contributed by atoms with van der Waals surface area (Å²) in [6.07, 6.45) is 1.49. The number of methoxy groups -OCH3 is 1. The predicted octanol–water partition coefficient (Wildman–Crippen LogP) is 4.44. The van der Waals surface area contributed by atoms with Gasteiger partial charge in [-0.1, -0.05) is 19.1 Å². The molecule has 3 aromatic rings. The SMILES string of the molecule is CCCC(=O)Nc1ccc(O)c(-c2cc(-c3cccc(OC)c3)cc(N3CCC(O)C3)n2)c1. The van der Waals surface area contributed by atoms with E-state index in [1.165, 1.54) is 0 Å². The molecule has 33 heavy (non-hydrogen) atoms. The molecular weight excluding hydrogens is 418 g/mol. The summed E-state index contributed by atoms with van der Waals surface area (Å²) >= 11 is 0. The minimum atomic E-state index is -0.388. The third kappa shape index (κ3) is 5.26. The van der Waals surface area contributed by atoms with Gasteiger partial charge in [0.05, 0.1) is 18.9 Å².